The Morgan fingerprint density at radius 1 is 1.00 bits per heavy atom. The minimum absolute atomic E-state index is 0.0643. The molecule has 1 N–H and O–H groups in total. The van der Waals surface area contributed by atoms with Crippen LogP contribution in [-0.2, 0) is 25.6 Å². The zero-order valence-corrected chi connectivity index (χ0v) is 20.2. The molecule has 0 spiro atoms. The Hall–Kier alpha value is -2.90. The fraction of sp³-hybridized carbons (Fsp3) is 0.458. The van der Waals surface area contributed by atoms with Gasteiger partial charge in [-0.15, -0.1) is 0 Å². The lowest BCUT2D eigenvalue weighted by molar-refractivity contribution is -0.139. The standard InChI is InChI=1S/C24H21F8NO4S/c25-17-5-6-18(26)21-20(17)22(38(35,36)16-3-1-14(2-4-16)24(30,31)32)8-7-13(9-15(22)11-37-21)10-19(34)33-12-23(27,28)29/h1-6,13,15H,7-12H2,(H,33,34)/t13-,15?,22+/m1/s1. The van der Waals surface area contributed by atoms with E-state index in [-0.39, 0.29) is 25.7 Å². The molecule has 2 aromatic carbocycles. The second-order valence-electron chi connectivity index (χ2n) is 9.39. The Kier molecular flexibility index (Phi) is 7.17. The van der Waals surface area contributed by atoms with Gasteiger partial charge in [0, 0.05) is 12.3 Å². The summed E-state index contributed by atoms with van der Waals surface area (Å²) in [6, 6.07) is 4.10. The average Bonchev–Trinajstić information content (AvgIpc) is 2.83. The first-order valence-electron chi connectivity index (χ1n) is 11.4. The normalized spacial score (nSPS) is 23.7. The molecule has 1 amide bonds. The Labute approximate surface area is 212 Å². The van der Waals surface area contributed by atoms with Gasteiger partial charge in [0.1, 0.15) is 17.1 Å². The molecule has 1 saturated carbocycles. The van der Waals surface area contributed by atoms with Gasteiger partial charge in [-0.1, -0.05) is 0 Å². The van der Waals surface area contributed by atoms with Crippen molar-refractivity contribution in [2.45, 2.75) is 47.7 Å². The molecular weight excluding hydrogens is 550 g/mol. The van der Waals surface area contributed by atoms with Crippen LogP contribution >= 0.6 is 0 Å². The summed E-state index contributed by atoms with van der Waals surface area (Å²) in [5.74, 6) is -5.35. The first kappa shape index (κ1) is 28.1. The number of rotatable bonds is 5. The molecule has 208 valence electrons. The van der Waals surface area contributed by atoms with Crippen molar-refractivity contribution in [2.24, 2.45) is 11.8 Å². The molecule has 0 radical (unpaired) electrons. The molecule has 2 aliphatic rings. The predicted octanol–water partition coefficient (Wildman–Crippen LogP) is 5.53. The number of carbonyl (C=O) groups excluding carboxylic acids is 1. The third kappa shape index (κ3) is 5.06. The van der Waals surface area contributed by atoms with E-state index in [1.165, 1.54) is 0 Å². The first-order valence-corrected chi connectivity index (χ1v) is 12.9. The SMILES string of the molecule is O=C(C[C@@H]1CC[C@@]2(S(=O)(=O)c3ccc(C(F)(F)F)cc3)c3c(F)ccc(F)c3OCC2C1)NCC(F)(F)F. The monoisotopic (exact) mass is 571 g/mol. The van der Waals surface area contributed by atoms with E-state index in [1.54, 1.807) is 5.32 Å². The second kappa shape index (κ2) is 9.69. The summed E-state index contributed by atoms with van der Waals surface area (Å²) in [4.78, 5) is 11.5. The predicted molar refractivity (Wildman–Crippen MR) is 117 cm³/mol. The maximum absolute atomic E-state index is 15.2. The van der Waals surface area contributed by atoms with Crippen LogP contribution in [0, 0.1) is 23.5 Å². The average molecular weight is 571 g/mol. The van der Waals surface area contributed by atoms with Crippen molar-refractivity contribution in [2.75, 3.05) is 13.2 Å². The minimum Gasteiger partial charge on any atom is -0.490 e. The molecule has 14 heteroatoms. The van der Waals surface area contributed by atoms with E-state index >= 15 is 4.39 Å². The fourth-order valence-electron chi connectivity index (χ4n) is 5.36. The number of amides is 1. The van der Waals surface area contributed by atoms with Gasteiger partial charge in [-0.3, -0.25) is 4.79 Å². The van der Waals surface area contributed by atoms with E-state index in [2.05, 4.69) is 0 Å². The highest BCUT2D eigenvalue weighted by molar-refractivity contribution is 7.92. The number of alkyl halides is 6. The first-order chi connectivity index (χ1) is 17.6. The van der Waals surface area contributed by atoms with Crippen LogP contribution in [-0.4, -0.2) is 33.7 Å². The van der Waals surface area contributed by atoms with Crippen molar-refractivity contribution < 1.29 is 53.1 Å². The Bertz CT molecular complexity index is 1320. The van der Waals surface area contributed by atoms with Crippen LogP contribution in [0.4, 0.5) is 35.1 Å². The van der Waals surface area contributed by atoms with E-state index in [0.29, 0.717) is 12.1 Å². The van der Waals surface area contributed by atoms with Gasteiger partial charge in [0.15, 0.2) is 21.4 Å². The van der Waals surface area contributed by atoms with Gasteiger partial charge in [0.2, 0.25) is 5.91 Å². The zero-order chi connectivity index (χ0) is 28.1. The molecule has 1 aliphatic carbocycles. The third-order valence-electron chi connectivity index (χ3n) is 7.04. The van der Waals surface area contributed by atoms with Crippen LogP contribution in [0.1, 0.15) is 36.8 Å². The van der Waals surface area contributed by atoms with Gasteiger partial charge < -0.3 is 10.1 Å². The number of carbonyl (C=O) groups is 1. The highest BCUT2D eigenvalue weighted by Gasteiger charge is 2.59. The van der Waals surface area contributed by atoms with Gasteiger partial charge >= 0.3 is 12.4 Å². The minimum atomic E-state index is -4.74. The molecule has 0 saturated heterocycles. The number of hydrogen-bond acceptors (Lipinski definition) is 4. The Morgan fingerprint density at radius 2 is 1.63 bits per heavy atom. The molecule has 2 aromatic rings. The van der Waals surface area contributed by atoms with Gasteiger partial charge in [-0.2, -0.15) is 26.3 Å². The fourth-order valence-corrected chi connectivity index (χ4v) is 7.72. The van der Waals surface area contributed by atoms with Gasteiger partial charge in [0.05, 0.1) is 22.6 Å². The Morgan fingerprint density at radius 3 is 2.24 bits per heavy atom. The molecule has 3 atom stereocenters. The maximum Gasteiger partial charge on any atom is 0.416 e. The van der Waals surface area contributed by atoms with Crippen LogP contribution < -0.4 is 10.1 Å². The molecule has 4 rings (SSSR count). The number of hydrogen-bond donors (Lipinski definition) is 1. The summed E-state index contributed by atoms with van der Waals surface area (Å²) in [7, 11) is -4.68. The van der Waals surface area contributed by atoms with Crippen molar-refractivity contribution >= 4 is 15.7 Å². The topological polar surface area (TPSA) is 72.5 Å². The third-order valence-corrected chi connectivity index (χ3v) is 9.64. The largest absolute Gasteiger partial charge is 0.490 e. The summed E-state index contributed by atoms with van der Waals surface area (Å²) in [6.07, 6.45) is -10.3. The van der Waals surface area contributed by atoms with Crippen LogP contribution in [0.2, 0.25) is 0 Å². The summed E-state index contributed by atoms with van der Waals surface area (Å²) < 4.78 is 138. The van der Waals surface area contributed by atoms with Crippen molar-refractivity contribution in [3.8, 4) is 5.75 Å². The van der Waals surface area contributed by atoms with Crippen molar-refractivity contribution in [3.05, 3.63) is 59.2 Å². The lowest BCUT2D eigenvalue weighted by atomic mass is 9.68. The number of ether oxygens (including phenoxy) is 1. The summed E-state index contributed by atoms with van der Waals surface area (Å²) >= 11 is 0. The lowest BCUT2D eigenvalue weighted by Crippen LogP contribution is -2.52. The summed E-state index contributed by atoms with van der Waals surface area (Å²) in [5.41, 5.74) is -1.70. The summed E-state index contributed by atoms with van der Waals surface area (Å²) in [6.45, 7) is -1.97. The van der Waals surface area contributed by atoms with Crippen LogP contribution in [0.5, 0.6) is 5.75 Å². The van der Waals surface area contributed by atoms with Gasteiger partial charge in [0.25, 0.3) is 0 Å². The second-order valence-corrected chi connectivity index (χ2v) is 11.6. The van der Waals surface area contributed by atoms with Crippen LogP contribution in [0.3, 0.4) is 0 Å². The number of halogens is 8. The number of fused-ring (bicyclic) bond motifs is 3. The van der Waals surface area contributed by atoms with Crippen molar-refractivity contribution in [1.29, 1.82) is 0 Å². The van der Waals surface area contributed by atoms with E-state index in [4.69, 9.17) is 4.74 Å². The van der Waals surface area contributed by atoms with E-state index in [1.807, 2.05) is 0 Å². The molecule has 0 bridgehead atoms. The van der Waals surface area contributed by atoms with Crippen molar-refractivity contribution in [1.82, 2.24) is 5.32 Å². The molecule has 1 heterocycles. The molecule has 1 unspecified atom stereocenters. The molecular formula is C24H21F8NO4S. The lowest BCUT2D eigenvalue weighted by Gasteiger charge is -2.49. The van der Waals surface area contributed by atoms with Crippen LogP contribution in [0.15, 0.2) is 41.3 Å². The van der Waals surface area contributed by atoms with E-state index in [0.717, 1.165) is 24.3 Å². The highest BCUT2D eigenvalue weighted by atomic mass is 32.2. The quantitative estimate of drug-likeness (QED) is 0.480. The molecule has 0 aromatic heterocycles. The number of sulfone groups is 1. The summed E-state index contributed by atoms with van der Waals surface area (Å²) in [5, 5.41) is 1.74. The van der Waals surface area contributed by atoms with Crippen molar-refractivity contribution in [3.63, 3.8) is 0 Å². The molecule has 5 nitrogen and oxygen atoms in total. The molecule has 1 aliphatic heterocycles. The smallest absolute Gasteiger partial charge is 0.416 e. The van der Waals surface area contributed by atoms with Gasteiger partial charge in [-0.05, 0) is 61.6 Å². The number of benzene rings is 2. The Balaban J connectivity index is 1.74. The van der Waals surface area contributed by atoms with E-state index in [9.17, 15) is 43.9 Å². The molecule has 38 heavy (non-hydrogen) atoms. The number of nitrogens with one attached hydrogen (secondary N) is 1. The molecule has 1 fully saturated rings. The van der Waals surface area contributed by atoms with Crippen LogP contribution in [0.25, 0.3) is 0 Å². The zero-order valence-electron chi connectivity index (χ0n) is 19.4. The van der Waals surface area contributed by atoms with E-state index < -0.39 is 91.2 Å². The highest BCUT2D eigenvalue weighted by Crippen LogP contribution is 2.57. The maximum atomic E-state index is 15.2. The van der Waals surface area contributed by atoms with Gasteiger partial charge in [-0.25, -0.2) is 17.2 Å².